The Morgan fingerprint density at radius 2 is 1.97 bits per heavy atom. The van der Waals surface area contributed by atoms with E-state index in [1.165, 1.54) is 12.1 Å². The molecular weight excluding hydrogens is 369 g/mol. The lowest BCUT2D eigenvalue weighted by molar-refractivity contribution is 0.572. The summed E-state index contributed by atoms with van der Waals surface area (Å²) in [6, 6.07) is 16.4. The van der Waals surface area contributed by atoms with Crippen molar-refractivity contribution in [3.05, 3.63) is 72.4 Å². The smallest absolute Gasteiger partial charge is 0.226 e. The van der Waals surface area contributed by atoms with Crippen LogP contribution in [0.3, 0.4) is 0 Å². The number of anilines is 1. The fourth-order valence-corrected chi connectivity index (χ4v) is 2.86. The molecule has 3 aromatic rings. The fraction of sp³-hybridized carbons (Fsp3) is 0.273. The average molecular weight is 395 g/mol. The van der Waals surface area contributed by atoms with Crippen molar-refractivity contribution in [1.82, 2.24) is 15.6 Å². The normalized spacial score (nSPS) is 11.3. The van der Waals surface area contributed by atoms with E-state index in [0.29, 0.717) is 18.4 Å². The molecule has 0 saturated heterocycles. The van der Waals surface area contributed by atoms with Crippen molar-refractivity contribution in [2.75, 3.05) is 32.1 Å². The topological polar surface area (TPSA) is 65.7 Å². The van der Waals surface area contributed by atoms with Crippen molar-refractivity contribution in [2.45, 2.75) is 13.0 Å². The first-order valence-electron chi connectivity index (χ1n) is 9.57. The molecule has 3 rings (SSSR count). The Bertz CT molecular complexity index is 926. The van der Waals surface area contributed by atoms with E-state index in [1.54, 1.807) is 19.4 Å². The Balaban J connectivity index is 1.40. The summed E-state index contributed by atoms with van der Waals surface area (Å²) in [5.41, 5.74) is 2.62. The molecule has 29 heavy (non-hydrogen) atoms. The molecule has 0 aliphatic rings. The molecule has 0 saturated carbocycles. The van der Waals surface area contributed by atoms with Crippen molar-refractivity contribution in [2.24, 2.45) is 4.99 Å². The lowest BCUT2D eigenvalue weighted by Crippen LogP contribution is -2.38. The van der Waals surface area contributed by atoms with Gasteiger partial charge in [0.1, 0.15) is 12.1 Å². The van der Waals surface area contributed by atoms with Crippen LogP contribution in [0.15, 0.2) is 70.3 Å². The highest BCUT2D eigenvalue weighted by Gasteiger charge is 2.07. The zero-order valence-corrected chi connectivity index (χ0v) is 16.7. The van der Waals surface area contributed by atoms with Gasteiger partial charge in [-0.05, 0) is 36.8 Å². The number of nitrogens with zero attached hydrogens (tertiary/aromatic N) is 3. The Kier molecular flexibility index (Phi) is 7.22. The Labute approximate surface area is 170 Å². The van der Waals surface area contributed by atoms with E-state index in [4.69, 9.17) is 4.42 Å². The molecule has 2 aromatic carbocycles. The van der Waals surface area contributed by atoms with Crippen LogP contribution >= 0.6 is 0 Å². The van der Waals surface area contributed by atoms with Gasteiger partial charge in [-0.2, -0.15) is 0 Å². The van der Waals surface area contributed by atoms with Crippen LogP contribution in [-0.2, 0) is 6.54 Å². The zero-order valence-electron chi connectivity index (χ0n) is 16.7. The van der Waals surface area contributed by atoms with Crippen LogP contribution in [0.5, 0.6) is 0 Å². The van der Waals surface area contributed by atoms with E-state index in [0.717, 1.165) is 36.5 Å². The van der Waals surface area contributed by atoms with Gasteiger partial charge >= 0.3 is 0 Å². The van der Waals surface area contributed by atoms with Crippen molar-refractivity contribution in [3.63, 3.8) is 0 Å². The van der Waals surface area contributed by atoms with E-state index < -0.39 is 0 Å². The third kappa shape index (κ3) is 6.07. The molecule has 0 fully saturated rings. The van der Waals surface area contributed by atoms with Crippen molar-refractivity contribution in [3.8, 4) is 11.5 Å². The molecule has 0 unspecified atom stereocenters. The van der Waals surface area contributed by atoms with Crippen LogP contribution in [0.1, 0.15) is 12.1 Å². The lowest BCUT2D eigenvalue weighted by Gasteiger charge is -2.19. The molecule has 0 aliphatic carbocycles. The molecule has 6 nitrogen and oxygen atoms in total. The number of hydrogen-bond acceptors (Lipinski definition) is 4. The molecule has 0 amide bonds. The largest absolute Gasteiger partial charge is 0.444 e. The standard InChI is InChI=1S/C22H26FN5O/c1-24-22(25-12-7-13-28(2)20-11-6-10-18(23)14-20)26-15-19-16-29-21(27-19)17-8-4-3-5-9-17/h3-6,8-11,14,16H,7,12-13,15H2,1-2H3,(H2,24,25,26). The summed E-state index contributed by atoms with van der Waals surface area (Å²) in [5.74, 6) is 1.08. The highest BCUT2D eigenvalue weighted by atomic mass is 19.1. The van der Waals surface area contributed by atoms with Crippen molar-refractivity contribution < 1.29 is 8.81 Å². The lowest BCUT2D eigenvalue weighted by atomic mass is 10.2. The first kappa shape index (κ1) is 20.4. The summed E-state index contributed by atoms with van der Waals surface area (Å²) in [6.07, 6.45) is 2.53. The van der Waals surface area contributed by atoms with E-state index >= 15 is 0 Å². The minimum Gasteiger partial charge on any atom is -0.444 e. The minimum absolute atomic E-state index is 0.222. The average Bonchev–Trinajstić information content (AvgIpc) is 3.23. The molecule has 152 valence electrons. The third-order valence-corrected chi connectivity index (χ3v) is 4.44. The first-order valence-corrected chi connectivity index (χ1v) is 9.57. The minimum atomic E-state index is -0.222. The maximum absolute atomic E-state index is 13.3. The molecular formula is C22H26FN5O. The van der Waals surface area contributed by atoms with Crippen molar-refractivity contribution in [1.29, 1.82) is 0 Å². The molecule has 1 aromatic heterocycles. The maximum Gasteiger partial charge on any atom is 0.226 e. The number of nitrogens with one attached hydrogen (secondary N) is 2. The van der Waals surface area contributed by atoms with Crippen LogP contribution in [0, 0.1) is 5.82 Å². The maximum atomic E-state index is 13.3. The van der Waals surface area contributed by atoms with Gasteiger partial charge in [0.05, 0.1) is 12.2 Å². The van der Waals surface area contributed by atoms with Crippen LogP contribution in [0.25, 0.3) is 11.5 Å². The monoisotopic (exact) mass is 395 g/mol. The van der Waals surface area contributed by atoms with E-state index in [-0.39, 0.29) is 5.82 Å². The number of guanidine groups is 1. The number of halogens is 1. The van der Waals surface area contributed by atoms with E-state index in [2.05, 4.69) is 20.6 Å². The molecule has 2 N–H and O–H groups in total. The van der Waals surface area contributed by atoms with Gasteiger partial charge < -0.3 is 20.0 Å². The number of benzene rings is 2. The Morgan fingerprint density at radius 3 is 2.72 bits per heavy atom. The second-order valence-electron chi connectivity index (χ2n) is 6.62. The fourth-order valence-electron chi connectivity index (χ4n) is 2.86. The van der Waals surface area contributed by atoms with Gasteiger partial charge in [-0.1, -0.05) is 24.3 Å². The van der Waals surface area contributed by atoms with Crippen molar-refractivity contribution >= 4 is 11.6 Å². The summed E-state index contributed by atoms with van der Waals surface area (Å²) in [5, 5.41) is 6.51. The van der Waals surface area contributed by atoms with Gasteiger partial charge in [0, 0.05) is 38.4 Å². The second-order valence-corrected chi connectivity index (χ2v) is 6.62. The van der Waals surface area contributed by atoms with Crippen LogP contribution in [0.4, 0.5) is 10.1 Å². The number of hydrogen-bond donors (Lipinski definition) is 2. The highest BCUT2D eigenvalue weighted by Crippen LogP contribution is 2.17. The van der Waals surface area contributed by atoms with Crippen LogP contribution in [-0.4, -0.2) is 38.1 Å². The van der Waals surface area contributed by atoms with Gasteiger partial charge in [-0.15, -0.1) is 0 Å². The Hall–Kier alpha value is -3.35. The SMILES string of the molecule is CN=C(NCCCN(C)c1cccc(F)c1)NCc1coc(-c2ccccc2)n1. The Morgan fingerprint density at radius 1 is 1.14 bits per heavy atom. The third-order valence-electron chi connectivity index (χ3n) is 4.44. The number of aromatic nitrogens is 1. The van der Waals surface area contributed by atoms with Gasteiger partial charge in [0.2, 0.25) is 5.89 Å². The van der Waals surface area contributed by atoms with E-state index in [1.807, 2.05) is 48.3 Å². The molecule has 0 spiro atoms. The summed E-state index contributed by atoms with van der Waals surface area (Å²) in [6.45, 7) is 2.06. The number of oxazole rings is 1. The van der Waals surface area contributed by atoms with Gasteiger partial charge in [-0.25, -0.2) is 9.37 Å². The first-order chi connectivity index (χ1) is 14.2. The zero-order chi connectivity index (χ0) is 20.5. The second kappa shape index (κ2) is 10.3. The number of rotatable bonds is 8. The summed E-state index contributed by atoms with van der Waals surface area (Å²) >= 11 is 0. The summed E-state index contributed by atoms with van der Waals surface area (Å²) < 4.78 is 18.9. The number of aliphatic imine (C=N–C) groups is 1. The molecule has 7 heteroatoms. The predicted octanol–water partition coefficient (Wildman–Crippen LogP) is 3.67. The van der Waals surface area contributed by atoms with Gasteiger partial charge in [0.25, 0.3) is 0 Å². The highest BCUT2D eigenvalue weighted by molar-refractivity contribution is 5.79. The molecule has 1 heterocycles. The van der Waals surface area contributed by atoms with Crippen LogP contribution in [0.2, 0.25) is 0 Å². The predicted molar refractivity (Wildman–Crippen MR) is 114 cm³/mol. The van der Waals surface area contributed by atoms with Crippen LogP contribution < -0.4 is 15.5 Å². The quantitative estimate of drug-likeness (QED) is 0.346. The van der Waals surface area contributed by atoms with E-state index in [9.17, 15) is 4.39 Å². The summed E-state index contributed by atoms with van der Waals surface area (Å²) in [7, 11) is 3.68. The van der Waals surface area contributed by atoms with Gasteiger partial charge in [-0.3, -0.25) is 4.99 Å². The molecule has 0 atom stereocenters. The summed E-state index contributed by atoms with van der Waals surface area (Å²) in [4.78, 5) is 10.8. The van der Waals surface area contributed by atoms with Gasteiger partial charge in [0.15, 0.2) is 5.96 Å². The molecule has 0 aliphatic heterocycles. The molecule has 0 radical (unpaired) electrons. The molecule has 0 bridgehead atoms.